The van der Waals surface area contributed by atoms with E-state index in [1.54, 1.807) is 7.11 Å². The molecule has 0 radical (unpaired) electrons. The van der Waals surface area contributed by atoms with Gasteiger partial charge in [-0.05, 0) is 49.6 Å². The van der Waals surface area contributed by atoms with Crippen LogP contribution in [-0.2, 0) is 6.42 Å². The molecule has 2 rings (SSSR count). The summed E-state index contributed by atoms with van der Waals surface area (Å²) in [6.07, 6.45) is 2.90. The summed E-state index contributed by atoms with van der Waals surface area (Å²) >= 11 is 0. The quantitative estimate of drug-likeness (QED) is 0.810. The van der Waals surface area contributed by atoms with E-state index in [2.05, 4.69) is 12.2 Å². The van der Waals surface area contributed by atoms with Crippen molar-refractivity contribution in [1.82, 2.24) is 5.32 Å². The molecule has 1 N–H and O–H groups in total. The van der Waals surface area contributed by atoms with Crippen molar-refractivity contribution >= 4 is 5.78 Å². The minimum absolute atomic E-state index is 0.00805. The first-order valence-corrected chi connectivity index (χ1v) is 6.20. The highest BCUT2D eigenvalue weighted by Gasteiger charge is 2.24. The van der Waals surface area contributed by atoms with Crippen LogP contribution in [0.2, 0.25) is 0 Å². The van der Waals surface area contributed by atoms with E-state index in [1.807, 2.05) is 18.2 Å². The summed E-state index contributed by atoms with van der Waals surface area (Å²) in [4.78, 5) is 12.3. The molecule has 1 aromatic carbocycles. The molecule has 1 fully saturated rings. The number of benzene rings is 1. The molecule has 0 aromatic heterocycles. The Morgan fingerprint density at radius 2 is 2.35 bits per heavy atom. The highest BCUT2D eigenvalue weighted by Crippen LogP contribution is 2.21. The van der Waals surface area contributed by atoms with Gasteiger partial charge in [0.1, 0.15) is 5.75 Å². The Kier molecular flexibility index (Phi) is 3.79. The van der Waals surface area contributed by atoms with Gasteiger partial charge in [0.15, 0.2) is 5.78 Å². The summed E-state index contributed by atoms with van der Waals surface area (Å²) in [5, 5.41) is 3.25. The Hall–Kier alpha value is -1.35. The summed E-state index contributed by atoms with van der Waals surface area (Å²) in [5.74, 6) is 1.04. The molecule has 1 saturated heterocycles. The van der Waals surface area contributed by atoms with Crippen LogP contribution in [0.5, 0.6) is 5.75 Å². The van der Waals surface area contributed by atoms with E-state index in [-0.39, 0.29) is 11.8 Å². The highest BCUT2D eigenvalue weighted by molar-refractivity contribution is 6.01. The number of ether oxygens (including phenoxy) is 1. The number of aryl methyl sites for hydroxylation is 1. The van der Waals surface area contributed by atoms with Gasteiger partial charge in [-0.3, -0.25) is 4.79 Å². The number of hydrogen-bond acceptors (Lipinski definition) is 3. The number of nitrogens with one attached hydrogen (secondary N) is 1. The van der Waals surface area contributed by atoms with Crippen LogP contribution in [0, 0.1) is 0 Å². The van der Waals surface area contributed by atoms with E-state index in [4.69, 9.17) is 4.74 Å². The lowest BCUT2D eigenvalue weighted by atomic mass is 9.96. The van der Waals surface area contributed by atoms with Crippen LogP contribution < -0.4 is 10.1 Å². The van der Waals surface area contributed by atoms with Crippen molar-refractivity contribution in [2.45, 2.75) is 32.2 Å². The van der Waals surface area contributed by atoms with Gasteiger partial charge < -0.3 is 10.1 Å². The number of Topliss-reactive ketones (excluding diaryl/α,β-unsaturated/α-hetero) is 1. The predicted molar refractivity (Wildman–Crippen MR) is 67.7 cm³/mol. The third kappa shape index (κ3) is 2.50. The topological polar surface area (TPSA) is 38.3 Å². The lowest BCUT2D eigenvalue weighted by Gasteiger charge is -2.13. The second-order valence-electron chi connectivity index (χ2n) is 4.39. The molecule has 0 saturated carbocycles. The Balaban J connectivity index is 2.27. The molecule has 1 atom stereocenters. The number of methoxy groups -OCH3 is 1. The second-order valence-corrected chi connectivity index (χ2v) is 4.39. The fraction of sp³-hybridized carbons (Fsp3) is 0.500. The van der Waals surface area contributed by atoms with Gasteiger partial charge in [0, 0.05) is 5.56 Å². The van der Waals surface area contributed by atoms with Crippen molar-refractivity contribution in [3.63, 3.8) is 0 Å². The van der Waals surface area contributed by atoms with E-state index < -0.39 is 0 Å². The summed E-state index contributed by atoms with van der Waals surface area (Å²) in [5.41, 5.74) is 1.91. The second kappa shape index (κ2) is 5.32. The smallest absolute Gasteiger partial charge is 0.180 e. The molecule has 1 heterocycles. The average molecular weight is 233 g/mol. The maximum atomic E-state index is 12.3. The summed E-state index contributed by atoms with van der Waals surface area (Å²) in [6, 6.07) is 5.72. The fourth-order valence-electron chi connectivity index (χ4n) is 2.33. The third-order valence-corrected chi connectivity index (χ3v) is 3.34. The van der Waals surface area contributed by atoms with Crippen LogP contribution in [0.15, 0.2) is 18.2 Å². The molecular formula is C14H19NO2. The molecule has 1 aromatic rings. The van der Waals surface area contributed by atoms with Crippen molar-refractivity contribution in [3.8, 4) is 5.75 Å². The maximum Gasteiger partial charge on any atom is 0.180 e. The van der Waals surface area contributed by atoms with Crippen LogP contribution in [0.25, 0.3) is 0 Å². The van der Waals surface area contributed by atoms with Gasteiger partial charge in [0.2, 0.25) is 0 Å². The van der Waals surface area contributed by atoms with E-state index in [0.29, 0.717) is 0 Å². The Morgan fingerprint density at radius 3 is 2.94 bits per heavy atom. The van der Waals surface area contributed by atoms with Crippen LogP contribution in [-0.4, -0.2) is 25.5 Å². The van der Waals surface area contributed by atoms with Crippen molar-refractivity contribution in [1.29, 1.82) is 0 Å². The SMILES string of the molecule is CCc1cc(OC)ccc1C(=O)C1CCCN1. The monoisotopic (exact) mass is 233 g/mol. The van der Waals surface area contributed by atoms with E-state index >= 15 is 0 Å². The number of carbonyl (C=O) groups is 1. The third-order valence-electron chi connectivity index (χ3n) is 3.34. The van der Waals surface area contributed by atoms with Gasteiger partial charge in [-0.1, -0.05) is 6.92 Å². The van der Waals surface area contributed by atoms with Crippen LogP contribution in [0.4, 0.5) is 0 Å². The first kappa shape index (κ1) is 12.1. The maximum absolute atomic E-state index is 12.3. The van der Waals surface area contributed by atoms with Crippen molar-refractivity contribution in [2.24, 2.45) is 0 Å². The lowest BCUT2D eigenvalue weighted by molar-refractivity contribution is 0.0951. The Bertz CT molecular complexity index is 409. The first-order valence-electron chi connectivity index (χ1n) is 6.20. The van der Waals surface area contributed by atoms with Gasteiger partial charge in [-0.2, -0.15) is 0 Å². The molecule has 3 nitrogen and oxygen atoms in total. The van der Waals surface area contributed by atoms with Crippen molar-refractivity contribution < 1.29 is 9.53 Å². The zero-order chi connectivity index (χ0) is 12.3. The fourth-order valence-corrected chi connectivity index (χ4v) is 2.33. The minimum Gasteiger partial charge on any atom is -0.497 e. The van der Waals surface area contributed by atoms with Gasteiger partial charge in [0.25, 0.3) is 0 Å². The molecule has 0 aliphatic carbocycles. The Labute approximate surface area is 102 Å². The van der Waals surface area contributed by atoms with E-state index in [0.717, 1.165) is 42.7 Å². The predicted octanol–water partition coefficient (Wildman–Crippen LogP) is 2.19. The normalized spacial score (nSPS) is 19.3. The summed E-state index contributed by atoms with van der Waals surface area (Å²) in [6.45, 7) is 3.02. The molecule has 0 bridgehead atoms. The van der Waals surface area contributed by atoms with E-state index in [1.165, 1.54) is 0 Å². The molecule has 1 aliphatic heterocycles. The average Bonchev–Trinajstić information content (AvgIpc) is 2.91. The number of ketones is 1. The molecular weight excluding hydrogens is 214 g/mol. The first-order chi connectivity index (χ1) is 8.26. The molecule has 17 heavy (non-hydrogen) atoms. The molecule has 0 spiro atoms. The molecule has 3 heteroatoms. The standard InChI is InChI=1S/C14H19NO2/c1-3-10-9-11(17-2)6-7-12(10)14(16)13-5-4-8-15-13/h6-7,9,13,15H,3-5,8H2,1-2H3. The molecule has 1 aliphatic rings. The van der Waals surface area contributed by atoms with E-state index in [9.17, 15) is 4.79 Å². The van der Waals surface area contributed by atoms with Crippen LogP contribution in [0.3, 0.4) is 0 Å². The van der Waals surface area contributed by atoms with Crippen LogP contribution in [0.1, 0.15) is 35.7 Å². The zero-order valence-electron chi connectivity index (χ0n) is 10.5. The van der Waals surface area contributed by atoms with Gasteiger partial charge in [0.05, 0.1) is 13.2 Å². The zero-order valence-corrected chi connectivity index (χ0v) is 10.5. The van der Waals surface area contributed by atoms with Gasteiger partial charge in [-0.15, -0.1) is 0 Å². The number of carbonyl (C=O) groups excluding carboxylic acids is 1. The van der Waals surface area contributed by atoms with Gasteiger partial charge >= 0.3 is 0 Å². The van der Waals surface area contributed by atoms with Gasteiger partial charge in [-0.25, -0.2) is 0 Å². The largest absolute Gasteiger partial charge is 0.497 e. The van der Waals surface area contributed by atoms with Crippen LogP contribution >= 0.6 is 0 Å². The minimum atomic E-state index is 0.00805. The number of hydrogen-bond donors (Lipinski definition) is 1. The Morgan fingerprint density at radius 1 is 1.53 bits per heavy atom. The molecule has 1 unspecified atom stereocenters. The molecule has 92 valence electrons. The highest BCUT2D eigenvalue weighted by atomic mass is 16.5. The summed E-state index contributed by atoms with van der Waals surface area (Å²) < 4.78 is 5.19. The molecule has 0 amide bonds. The lowest BCUT2D eigenvalue weighted by Crippen LogP contribution is -2.31. The van der Waals surface area contributed by atoms with Crippen molar-refractivity contribution in [3.05, 3.63) is 29.3 Å². The summed E-state index contributed by atoms with van der Waals surface area (Å²) in [7, 11) is 1.65. The number of rotatable bonds is 4. The van der Waals surface area contributed by atoms with Crippen molar-refractivity contribution in [2.75, 3.05) is 13.7 Å².